The smallest absolute Gasteiger partial charge is 0.244 e. The van der Waals surface area contributed by atoms with Crippen LogP contribution in [0.1, 0.15) is 32.3 Å². The number of rotatable bonds is 5. The number of hydrogen-bond acceptors (Lipinski definition) is 5. The molecule has 1 atom stereocenters. The molecule has 7 heteroatoms. The third kappa shape index (κ3) is 3.66. The fourth-order valence-corrected chi connectivity index (χ4v) is 3.50. The summed E-state index contributed by atoms with van der Waals surface area (Å²) in [5, 5.41) is 9.94. The average Bonchev–Trinajstić information content (AvgIpc) is 2.44. The second kappa shape index (κ2) is 5.82. The molecule has 1 unspecified atom stereocenters. The molecular formula is C14H22N2O4S. The molecule has 0 radical (unpaired) electrons. The predicted octanol–water partition coefficient (Wildman–Crippen LogP) is 1.03. The van der Waals surface area contributed by atoms with E-state index in [1.165, 1.54) is 6.07 Å². The number of nitrogen functional groups attached to an aromatic ring is 1. The zero-order valence-corrected chi connectivity index (χ0v) is 13.2. The molecular weight excluding hydrogens is 292 g/mol. The van der Waals surface area contributed by atoms with Gasteiger partial charge in [-0.25, -0.2) is 13.1 Å². The molecule has 0 bridgehead atoms. The van der Waals surface area contributed by atoms with Gasteiger partial charge in [-0.3, -0.25) is 0 Å². The number of nitrogens with two attached hydrogens (primary N) is 1. The second-order valence-corrected chi connectivity index (χ2v) is 7.37. The van der Waals surface area contributed by atoms with Gasteiger partial charge in [0, 0.05) is 12.2 Å². The van der Waals surface area contributed by atoms with Gasteiger partial charge < -0.3 is 15.6 Å². The van der Waals surface area contributed by atoms with Crippen LogP contribution in [0.15, 0.2) is 17.0 Å². The molecule has 6 nitrogen and oxygen atoms in total. The number of ether oxygens (including phenoxy) is 1. The van der Waals surface area contributed by atoms with Gasteiger partial charge >= 0.3 is 0 Å². The van der Waals surface area contributed by atoms with Gasteiger partial charge in [-0.2, -0.15) is 0 Å². The van der Waals surface area contributed by atoms with Gasteiger partial charge in [-0.05, 0) is 43.9 Å². The normalized spacial score (nSPS) is 17.7. The van der Waals surface area contributed by atoms with Gasteiger partial charge in [0.15, 0.2) is 0 Å². The van der Waals surface area contributed by atoms with Gasteiger partial charge in [0.05, 0.1) is 12.2 Å². The van der Waals surface area contributed by atoms with E-state index in [9.17, 15) is 13.5 Å². The second-order valence-electron chi connectivity index (χ2n) is 5.63. The Balaban J connectivity index is 2.34. The van der Waals surface area contributed by atoms with E-state index in [0.29, 0.717) is 24.5 Å². The topological polar surface area (TPSA) is 102 Å². The van der Waals surface area contributed by atoms with Gasteiger partial charge in [0.1, 0.15) is 10.6 Å². The molecule has 0 saturated carbocycles. The first kappa shape index (κ1) is 16.1. The maximum Gasteiger partial charge on any atom is 0.244 e. The number of fused-ring (bicyclic) bond motifs is 1. The Morgan fingerprint density at radius 2 is 2.19 bits per heavy atom. The SMILES string of the molecule is CCC(C)(O)CNS(=O)(=O)c1cc(N)cc2c1OCCC2. The van der Waals surface area contributed by atoms with Crippen LogP contribution in [-0.2, 0) is 16.4 Å². The Kier molecular flexibility index (Phi) is 4.46. The Hall–Kier alpha value is -1.31. The van der Waals surface area contributed by atoms with E-state index in [2.05, 4.69) is 4.72 Å². The maximum absolute atomic E-state index is 12.5. The van der Waals surface area contributed by atoms with Crippen LogP contribution in [0.2, 0.25) is 0 Å². The maximum atomic E-state index is 12.5. The molecule has 0 saturated heterocycles. The Morgan fingerprint density at radius 3 is 2.86 bits per heavy atom. The van der Waals surface area contributed by atoms with Crippen LogP contribution in [0.25, 0.3) is 0 Å². The van der Waals surface area contributed by atoms with E-state index < -0.39 is 15.6 Å². The van der Waals surface area contributed by atoms with E-state index >= 15 is 0 Å². The van der Waals surface area contributed by atoms with Crippen LogP contribution in [0.4, 0.5) is 5.69 Å². The predicted molar refractivity (Wildman–Crippen MR) is 80.8 cm³/mol. The molecule has 0 fully saturated rings. The summed E-state index contributed by atoms with van der Waals surface area (Å²) >= 11 is 0. The lowest BCUT2D eigenvalue weighted by atomic mass is 10.1. The monoisotopic (exact) mass is 314 g/mol. The number of nitrogens with one attached hydrogen (secondary N) is 1. The summed E-state index contributed by atoms with van der Waals surface area (Å²) in [5.41, 5.74) is 5.90. The van der Waals surface area contributed by atoms with Crippen LogP contribution in [0, 0.1) is 0 Å². The van der Waals surface area contributed by atoms with E-state index in [1.807, 2.05) is 0 Å². The minimum absolute atomic E-state index is 0.0455. The zero-order chi connectivity index (χ0) is 15.7. The van der Waals surface area contributed by atoms with E-state index in [1.54, 1.807) is 19.9 Å². The summed E-state index contributed by atoms with van der Waals surface area (Å²) in [6.45, 7) is 3.81. The van der Waals surface area contributed by atoms with E-state index in [-0.39, 0.29) is 11.4 Å². The van der Waals surface area contributed by atoms with Crippen LogP contribution >= 0.6 is 0 Å². The molecule has 0 spiro atoms. The van der Waals surface area contributed by atoms with Crippen molar-refractivity contribution in [1.29, 1.82) is 0 Å². The van der Waals surface area contributed by atoms with Crippen molar-refractivity contribution < 1.29 is 18.3 Å². The zero-order valence-electron chi connectivity index (χ0n) is 12.3. The van der Waals surface area contributed by atoms with Crippen molar-refractivity contribution in [2.45, 2.75) is 43.6 Å². The highest BCUT2D eigenvalue weighted by atomic mass is 32.2. The average molecular weight is 314 g/mol. The Bertz CT molecular complexity index is 626. The summed E-state index contributed by atoms with van der Waals surface area (Å²) in [6, 6.07) is 3.14. The molecule has 21 heavy (non-hydrogen) atoms. The first-order valence-electron chi connectivity index (χ1n) is 7.02. The molecule has 1 aromatic carbocycles. The van der Waals surface area contributed by atoms with Crippen molar-refractivity contribution in [2.24, 2.45) is 0 Å². The Morgan fingerprint density at radius 1 is 1.48 bits per heavy atom. The first-order valence-corrected chi connectivity index (χ1v) is 8.51. The number of hydrogen-bond donors (Lipinski definition) is 3. The number of aliphatic hydroxyl groups is 1. The van der Waals surface area contributed by atoms with Crippen molar-refractivity contribution in [3.63, 3.8) is 0 Å². The third-order valence-electron chi connectivity index (χ3n) is 3.69. The van der Waals surface area contributed by atoms with Crippen molar-refractivity contribution >= 4 is 15.7 Å². The van der Waals surface area contributed by atoms with Gasteiger partial charge in [-0.1, -0.05) is 6.92 Å². The van der Waals surface area contributed by atoms with Crippen LogP contribution < -0.4 is 15.2 Å². The molecule has 0 amide bonds. The van der Waals surface area contributed by atoms with Gasteiger partial charge in [0.2, 0.25) is 10.0 Å². The highest BCUT2D eigenvalue weighted by Gasteiger charge is 2.27. The number of benzene rings is 1. The molecule has 0 aromatic heterocycles. The molecule has 1 aliphatic rings. The van der Waals surface area contributed by atoms with Crippen molar-refractivity contribution in [1.82, 2.24) is 4.72 Å². The Labute approximate surface area is 125 Å². The number of anilines is 1. The summed E-state index contributed by atoms with van der Waals surface area (Å²) in [5.74, 6) is 0.374. The lowest BCUT2D eigenvalue weighted by molar-refractivity contribution is 0.0613. The van der Waals surface area contributed by atoms with Crippen molar-refractivity contribution in [3.05, 3.63) is 17.7 Å². The minimum Gasteiger partial charge on any atom is -0.492 e. The highest BCUT2D eigenvalue weighted by molar-refractivity contribution is 7.89. The van der Waals surface area contributed by atoms with Gasteiger partial charge in [0.25, 0.3) is 0 Å². The molecule has 1 heterocycles. The molecule has 1 aromatic rings. The van der Waals surface area contributed by atoms with E-state index in [0.717, 1.165) is 18.4 Å². The van der Waals surface area contributed by atoms with E-state index in [4.69, 9.17) is 10.5 Å². The third-order valence-corrected chi connectivity index (χ3v) is 5.09. The summed E-state index contributed by atoms with van der Waals surface area (Å²) in [6.07, 6.45) is 2.03. The fraction of sp³-hybridized carbons (Fsp3) is 0.571. The fourth-order valence-electron chi connectivity index (χ4n) is 2.12. The largest absolute Gasteiger partial charge is 0.492 e. The summed E-state index contributed by atoms with van der Waals surface area (Å²) in [4.78, 5) is 0.0455. The van der Waals surface area contributed by atoms with Crippen LogP contribution in [0.3, 0.4) is 0 Å². The summed E-state index contributed by atoms with van der Waals surface area (Å²) < 4.78 is 32.9. The molecule has 2 rings (SSSR count). The standard InChI is InChI=1S/C14H22N2O4S/c1-3-14(2,17)9-16-21(18,19)12-8-11(15)7-10-5-4-6-20-13(10)12/h7-8,16-17H,3-6,9,15H2,1-2H3. The molecule has 0 aliphatic carbocycles. The highest BCUT2D eigenvalue weighted by Crippen LogP contribution is 2.34. The molecule has 118 valence electrons. The van der Waals surface area contributed by atoms with Crippen LogP contribution in [0.5, 0.6) is 5.75 Å². The lowest BCUT2D eigenvalue weighted by Gasteiger charge is -2.24. The van der Waals surface area contributed by atoms with Crippen molar-refractivity contribution in [3.8, 4) is 5.75 Å². The first-order chi connectivity index (χ1) is 9.75. The summed E-state index contributed by atoms with van der Waals surface area (Å²) in [7, 11) is -3.78. The number of sulfonamides is 1. The molecule has 1 aliphatic heterocycles. The lowest BCUT2D eigenvalue weighted by Crippen LogP contribution is -2.40. The number of aryl methyl sites for hydroxylation is 1. The molecule has 4 N–H and O–H groups in total. The quantitative estimate of drug-likeness (QED) is 0.705. The van der Waals surface area contributed by atoms with Crippen LogP contribution in [-0.4, -0.2) is 32.3 Å². The van der Waals surface area contributed by atoms with Crippen molar-refractivity contribution in [2.75, 3.05) is 18.9 Å². The minimum atomic E-state index is -3.78. The van der Waals surface area contributed by atoms with Gasteiger partial charge in [-0.15, -0.1) is 0 Å².